The van der Waals surface area contributed by atoms with Crippen molar-refractivity contribution in [2.45, 2.75) is 6.92 Å². The van der Waals surface area contributed by atoms with Crippen molar-refractivity contribution in [2.75, 3.05) is 6.61 Å². The minimum absolute atomic E-state index is 0.238. The number of aromatic nitrogens is 4. The molecular weight excluding hydrogens is 292 g/mol. The number of hydrogen-bond acceptors (Lipinski definition) is 8. The largest absolute Gasteiger partial charge is 0.461 e. The van der Waals surface area contributed by atoms with Crippen LogP contribution in [-0.4, -0.2) is 32.7 Å². The van der Waals surface area contributed by atoms with Crippen LogP contribution in [0.3, 0.4) is 0 Å². The van der Waals surface area contributed by atoms with E-state index >= 15 is 0 Å². The molecule has 0 N–H and O–H groups in total. The van der Waals surface area contributed by atoms with Crippen molar-refractivity contribution in [3.05, 3.63) is 34.8 Å². The molecule has 7 nitrogen and oxygen atoms in total. The predicted molar refractivity (Wildman–Crippen MR) is 74.6 cm³/mol. The SMILES string of the molecule is CCOC(=O)c1nc(-c2nc(-c3ccccn3)no2)cs1. The Bertz CT molecular complexity index is 754. The summed E-state index contributed by atoms with van der Waals surface area (Å²) in [6.45, 7) is 2.04. The lowest BCUT2D eigenvalue weighted by Crippen LogP contribution is -2.03. The number of pyridine rings is 1. The number of thiazole rings is 1. The summed E-state index contributed by atoms with van der Waals surface area (Å²) in [7, 11) is 0. The molecule has 0 atom stereocenters. The van der Waals surface area contributed by atoms with E-state index in [1.165, 1.54) is 11.3 Å². The maximum absolute atomic E-state index is 11.6. The van der Waals surface area contributed by atoms with Crippen LogP contribution in [-0.2, 0) is 4.74 Å². The minimum Gasteiger partial charge on any atom is -0.461 e. The maximum Gasteiger partial charge on any atom is 0.367 e. The molecule has 0 aliphatic rings. The summed E-state index contributed by atoms with van der Waals surface area (Å²) >= 11 is 1.17. The third-order valence-corrected chi connectivity index (χ3v) is 3.32. The summed E-state index contributed by atoms with van der Waals surface area (Å²) in [5.74, 6) is 0.150. The Kier molecular flexibility index (Phi) is 3.69. The zero-order valence-corrected chi connectivity index (χ0v) is 11.8. The van der Waals surface area contributed by atoms with E-state index in [2.05, 4.69) is 20.1 Å². The van der Waals surface area contributed by atoms with E-state index in [4.69, 9.17) is 9.26 Å². The first-order valence-electron chi connectivity index (χ1n) is 6.16. The van der Waals surface area contributed by atoms with Gasteiger partial charge in [0.05, 0.1) is 6.61 Å². The highest BCUT2D eigenvalue weighted by atomic mass is 32.1. The smallest absolute Gasteiger partial charge is 0.367 e. The Morgan fingerprint density at radius 2 is 2.24 bits per heavy atom. The van der Waals surface area contributed by atoms with Crippen LogP contribution < -0.4 is 0 Å². The molecule has 3 aromatic heterocycles. The molecule has 3 aromatic rings. The summed E-state index contributed by atoms with van der Waals surface area (Å²) in [6, 6.07) is 5.41. The first-order valence-corrected chi connectivity index (χ1v) is 7.04. The molecule has 0 saturated heterocycles. The van der Waals surface area contributed by atoms with Crippen LogP contribution >= 0.6 is 11.3 Å². The predicted octanol–water partition coefficient (Wildman–Crippen LogP) is 2.43. The van der Waals surface area contributed by atoms with Crippen molar-refractivity contribution in [2.24, 2.45) is 0 Å². The topological polar surface area (TPSA) is 91.0 Å². The number of carbonyl (C=O) groups excluding carboxylic acids is 1. The Morgan fingerprint density at radius 3 is 3.00 bits per heavy atom. The first kappa shape index (κ1) is 13.4. The lowest BCUT2D eigenvalue weighted by Gasteiger charge is -1.95. The molecular formula is C13H10N4O3S. The third-order valence-electron chi connectivity index (χ3n) is 2.49. The van der Waals surface area contributed by atoms with Gasteiger partial charge < -0.3 is 9.26 Å². The van der Waals surface area contributed by atoms with Gasteiger partial charge in [0, 0.05) is 11.6 Å². The van der Waals surface area contributed by atoms with E-state index < -0.39 is 5.97 Å². The molecule has 3 rings (SSSR count). The molecule has 106 valence electrons. The maximum atomic E-state index is 11.6. The first-order chi connectivity index (χ1) is 10.3. The van der Waals surface area contributed by atoms with Gasteiger partial charge in [-0.15, -0.1) is 11.3 Å². The van der Waals surface area contributed by atoms with E-state index in [-0.39, 0.29) is 10.9 Å². The molecule has 0 radical (unpaired) electrons. The quantitative estimate of drug-likeness (QED) is 0.683. The van der Waals surface area contributed by atoms with Gasteiger partial charge in [-0.1, -0.05) is 11.2 Å². The number of nitrogens with zero attached hydrogens (tertiary/aromatic N) is 4. The van der Waals surface area contributed by atoms with Gasteiger partial charge in [0.25, 0.3) is 5.89 Å². The summed E-state index contributed by atoms with van der Waals surface area (Å²) in [5, 5.41) is 5.78. The molecule has 0 saturated carbocycles. The molecule has 0 aromatic carbocycles. The van der Waals surface area contributed by atoms with Crippen molar-refractivity contribution in [1.82, 2.24) is 20.1 Å². The van der Waals surface area contributed by atoms with Crippen molar-refractivity contribution in [1.29, 1.82) is 0 Å². The Balaban J connectivity index is 1.85. The number of carbonyl (C=O) groups is 1. The fraction of sp³-hybridized carbons (Fsp3) is 0.154. The van der Waals surface area contributed by atoms with Gasteiger partial charge in [-0.05, 0) is 19.1 Å². The van der Waals surface area contributed by atoms with Crippen molar-refractivity contribution >= 4 is 17.3 Å². The molecule has 0 aliphatic heterocycles. The van der Waals surface area contributed by atoms with Crippen LogP contribution in [0.5, 0.6) is 0 Å². The highest BCUT2D eigenvalue weighted by Crippen LogP contribution is 2.23. The van der Waals surface area contributed by atoms with E-state index in [1.54, 1.807) is 30.6 Å². The molecule has 0 spiro atoms. The Morgan fingerprint density at radius 1 is 1.33 bits per heavy atom. The van der Waals surface area contributed by atoms with Gasteiger partial charge in [-0.25, -0.2) is 9.78 Å². The van der Waals surface area contributed by atoms with Crippen LogP contribution in [0, 0.1) is 0 Å². The second kappa shape index (κ2) is 5.80. The van der Waals surface area contributed by atoms with E-state index in [0.717, 1.165) is 0 Å². The summed E-state index contributed by atoms with van der Waals surface area (Å²) < 4.78 is 10.0. The summed E-state index contributed by atoms with van der Waals surface area (Å²) in [6.07, 6.45) is 1.65. The van der Waals surface area contributed by atoms with Gasteiger partial charge in [-0.2, -0.15) is 4.98 Å². The lowest BCUT2D eigenvalue weighted by molar-refractivity contribution is 0.0526. The second-order valence-corrected chi connectivity index (χ2v) is 4.75. The zero-order chi connectivity index (χ0) is 14.7. The van der Waals surface area contributed by atoms with Crippen LogP contribution in [0.4, 0.5) is 0 Å². The number of esters is 1. The highest BCUT2D eigenvalue weighted by Gasteiger charge is 2.17. The second-order valence-electron chi connectivity index (χ2n) is 3.90. The molecule has 0 aliphatic carbocycles. The van der Waals surface area contributed by atoms with Gasteiger partial charge in [0.1, 0.15) is 11.4 Å². The fourth-order valence-corrected chi connectivity index (χ4v) is 2.27. The van der Waals surface area contributed by atoms with E-state index in [9.17, 15) is 4.79 Å². The normalized spacial score (nSPS) is 10.5. The van der Waals surface area contributed by atoms with E-state index in [1.807, 2.05) is 6.07 Å². The van der Waals surface area contributed by atoms with Crippen LogP contribution in [0.15, 0.2) is 34.3 Å². The minimum atomic E-state index is -0.460. The van der Waals surface area contributed by atoms with Crippen molar-refractivity contribution in [3.8, 4) is 23.1 Å². The van der Waals surface area contributed by atoms with Gasteiger partial charge in [-0.3, -0.25) is 4.98 Å². The molecule has 0 unspecified atom stereocenters. The standard InChI is InChI=1S/C13H10N4O3S/c1-2-19-13(18)12-15-9(7-21-12)11-16-10(17-20-11)8-5-3-4-6-14-8/h3-7H,2H2,1H3. The number of rotatable bonds is 4. The third kappa shape index (κ3) is 2.79. The average molecular weight is 302 g/mol. The zero-order valence-electron chi connectivity index (χ0n) is 11.0. The summed E-state index contributed by atoms with van der Waals surface area (Å²) in [5.41, 5.74) is 1.05. The molecule has 8 heteroatoms. The van der Waals surface area contributed by atoms with Crippen LogP contribution in [0.1, 0.15) is 16.7 Å². The number of hydrogen-bond donors (Lipinski definition) is 0. The monoisotopic (exact) mass is 302 g/mol. The Hall–Kier alpha value is -2.61. The Labute approximate surface area is 123 Å². The van der Waals surface area contributed by atoms with Gasteiger partial charge in [0.2, 0.25) is 10.8 Å². The summed E-state index contributed by atoms with van der Waals surface area (Å²) in [4.78, 5) is 24.1. The highest BCUT2D eigenvalue weighted by molar-refractivity contribution is 7.11. The molecule has 0 bridgehead atoms. The lowest BCUT2D eigenvalue weighted by atomic mass is 10.3. The van der Waals surface area contributed by atoms with Gasteiger partial charge >= 0.3 is 5.97 Å². The van der Waals surface area contributed by atoms with Gasteiger partial charge in [0.15, 0.2) is 0 Å². The molecule has 0 fully saturated rings. The molecule has 21 heavy (non-hydrogen) atoms. The van der Waals surface area contributed by atoms with Crippen molar-refractivity contribution in [3.63, 3.8) is 0 Å². The van der Waals surface area contributed by atoms with Crippen molar-refractivity contribution < 1.29 is 14.1 Å². The number of ether oxygens (including phenoxy) is 1. The average Bonchev–Trinajstić information content (AvgIpc) is 3.17. The molecule has 0 amide bonds. The van der Waals surface area contributed by atoms with E-state index in [0.29, 0.717) is 23.8 Å². The molecule has 3 heterocycles. The van der Waals surface area contributed by atoms with Crippen LogP contribution in [0.2, 0.25) is 0 Å². The fourth-order valence-electron chi connectivity index (χ4n) is 1.59. The van der Waals surface area contributed by atoms with Crippen LogP contribution in [0.25, 0.3) is 23.1 Å².